The minimum atomic E-state index is -4.70. The Kier molecular flexibility index (Phi) is 10.8. The van der Waals surface area contributed by atoms with Crippen LogP contribution in [0.4, 0.5) is 34.1 Å². The molecule has 0 aliphatic carbocycles. The summed E-state index contributed by atoms with van der Waals surface area (Å²) < 4.78 is 47.3. The van der Waals surface area contributed by atoms with Crippen LogP contribution in [0, 0.1) is 0 Å². The normalized spacial score (nSPS) is 21.0. The number of carbonyl (C=O) groups is 3. The molecule has 1 aromatic heterocycles. The summed E-state index contributed by atoms with van der Waals surface area (Å²) in [5.41, 5.74) is 6.41. The molecule has 1 atom stereocenters. The molecule has 0 unspecified atom stereocenters. The van der Waals surface area contributed by atoms with Crippen molar-refractivity contribution in [1.29, 1.82) is 0 Å². The fraction of sp³-hybridized carbons (Fsp3) is 0.606. The van der Waals surface area contributed by atoms with E-state index in [1.165, 1.54) is 30.2 Å². The highest BCUT2D eigenvalue weighted by Gasteiger charge is 2.38. The van der Waals surface area contributed by atoms with E-state index in [0.717, 1.165) is 49.7 Å². The first kappa shape index (κ1) is 34.8. The quantitative estimate of drug-likeness (QED) is 0.341. The number of hydrogen-bond acceptors (Lipinski definition) is 7. The van der Waals surface area contributed by atoms with E-state index in [1.54, 1.807) is 16.2 Å². The van der Waals surface area contributed by atoms with E-state index in [9.17, 15) is 27.6 Å². The van der Waals surface area contributed by atoms with Crippen LogP contribution < -0.4 is 11.1 Å². The Labute approximate surface area is 290 Å². The van der Waals surface area contributed by atoms with Gasteiger partial charge in [0, 0.05) is 61.1 Å². The predicted octanol–water partition coefficient (Wildman–Crippen LogP) is 6.19. The summed E-state index contributed by atoms with van der Waals surface area (Å²) in [7, 11) is 0. The van der Waals surface area contributed by atoms with Crippen LogP contribution in [0.15, 0.2) is 27.4 Å². The number of nitrogen functional groups attached to an aromatic ring is 1. The number of urea groups is 1. The lowest BCUT2D eigenvalue weighted by Gasteiger charge is -2.41. The van der Waals surface area contributed by atoms with Crippen molar-refractivity contribution in [3.05, 3.63) is 44.1 Å². The third kappa shape index (κ3) is 7.88. The van der Waals surface area contributed by atoms with Crippen LogP contribution in [0.5, 0.6) is 0 Å². The molecule has 0 bridgehead atoms. The van der Waals surface area contributed by atoms with Gasteiger partial charge >= 0.3 is 18.3 Å². The molecule has 2 aromatic rings. The molecule has 15 heteroatoms. The van der Waals surface area contributed by atoms with Crippen LogP contribution in [-0.2, 0) is 28.5 Å². The molecule has 4 aliphatic heterocycles. The number of nitrogens with zero attached hydrogens (tertiary/aromatic N) is 4. The van der Waals surface area contributed by atoms with Crippen LogP contribution in [0.3, 0.4) is 0 Å². The zero-order valence-corrected chi connectivity index (χ0v) is 29.2. The smallest absolute Gasteiger partial charge is 0.418 e. The largest absolute Gasteiger partial charge is 0.436 e. The third-order valence-corrected chi connectivity index (χ3v) is 11.6. The van der Waals surface area contributed by atoms with Crippen molar-refractivity contribution in [2.24, 2.45) is 0 Å². The number of fused-ring (bicyclic) bond motifs is 1. The molecule has 6 rings (SSSR count). The summed E-state index contributed by atoms with van der Waals surface area (Å²) in [5.74, 6) is -0.412. The SMILES string of the molecule is Nc1c(Br)cc(C[C@@H](OC(=O)N2CCC(N3CCc4cscc4NC3=O)CC2)C(=O)N2CCC(N3CCCCC3)CC2)cc1C(F)(F)F. The van der Waals surface area contributed by atoms with Gasteiger partial charge in [0.1, 0.15) is 0 Å². The molecule has 0 spiro atoms. The summed E-state index contributed by atoms with van der Waals surface area (Å²) in [4.78, 5) is 48.0. The molecular weight excluding hydrogens is 713 g/mol. The molecule has 4 amide bonds. The number of likely N-dealkylation sites (tertiary alicyclic amines) is 3. The first-order valence-corrected chi connectivity index (χ1v) is 18.5. The number of thiophene rings is 1. The first-order valence-electron chi connectivity index (χ1n) is 16.7. The molecule has 5 heterocycles. The molecule has 3 N–H and O–H groups in total. The second-order valence-corrected chi connectivity index (χ2v) is 14.8. The van der Waals surface area contributed by atoms with E-state index < -0.39 is 35.5 Å². The van der Waals surface area contributed by atoms with Crippen molar-refractivity contribution in [3.63, 3.8) is 0 Å². The average molecular weight is 756 g/mol. The first-order chi connectivity index (χ1) is 23.0. The lowest BCUT2D eigenvalue weighted by atomic mass is 9.98. The summed E-state index contributed by atoms with van der Waals surface area (Å²) >= 11 is 4.69. The Morgan fingerprint density at radius 3 is 2.31 bits per heavy atom. The van der Waals surface area contributed by atoms with Gasteiger partial charge in [-0.15, -0.1) is 11.3 Å². The fourth-order valence-electron chi connectivity index (χ4n) is 7.42. The van der Waals surface area contributed by atoms with Gasteiger partial charge in [0.2, 0.25) is 0 Å². The van der Waals surface area contributed by atoms with Crippen molar-refractivity contribution < 1.29 is 32.3 Å². The minimum Gasteiger partial charge on any atom is -0.436 e. The summed E-state index contributed by atoms with van der Waals surface area (Å²) in [6.07, 6.45) is 0.0650. The van der Waals surface area contributed by atoms with Crippen LogP contribution in [0.25, 0.3) is 0 Å². The number of hydrogen-bond donors (Lipinski definition) is 2. The number of nitrogens with one attached hydrogen (secondary N) is 1. The van der Waals surface area contributed by atoms with E-state index in [0.29, 0.717) is 51.6 Å². The maximum absolute atomic E-state index is 13.9. The number of anilines is 2. The average Bonchev–Trinajstić information content (AvgIpc) is 3.45. The lowest BCUT2D eigenvalue weighted by Crippen LogP contribution is -2.53. The molecule has 262 valence electrons. The Balaban J connectivity index is 1.12. The van der Waals surface area contributed by atoms with Gasteiger partial charge in [0.25, 0.3) is 5.91 Å². The molecule has 10 nitrogen and oxygen atoms in total. The second-order valence-electron chi connectivity index (χ2n) is 13.2. The number of ether oxygens (including phenoxy) is 1. The molecule has 48 heavy (non-hydrogen) atoms. The van der Waals surface area contributed by atoms with Gasteiger partial charge in [-0.1, -0.05) is 6.42 Å². The number of carbonyl (C=O) groups excluding carboxylic acids is 3. The summed E-state index contributed by atoms with van der Waals surface area (Å²) in [6.45, 7) is 4.31. The number of alkyl halides is 3. The summed E-state index contributed by atoms with van der Waals surface area (Å²) in [6, 6.07) is 2.53. The van der Waals surface area contributed by atoms with Crippen molar-refractivity contribution in [2.75, 3.05) is 56.9 Å². The van der Waals surface area contributed by atoms with Gasteiger partial charge in [0.05, 0.1) is 16.9 Å². The molecule has 0 radical (unpaired) electrons. The fourth-order valence-corrected chi connectivity index (χ4v) is 8.75. The van der Waals surface area contributed by atoms with Gasteiger partial charge < -0.3 is 35.4 Å². The molecule has 0 saturated carbocycles. The lowest BCUT2D eigenvalue weighted by molar-refractivity contribution is -0.142. The van der Waals surface area contributed by atoms with Crippen LogP contribution in [0.2, 0.25) is 0 Å². The summed E-state index contributed by atoms with van der Waals surface area (Å²) in [5, 5.41) is 6.95. The number of halogens is 4. The number of nitrogens with two attached hydrogens (primary N) is 1. The van der Waals surface area contributed by atoms with E-state index >= 15 is 0 Å². The van der Waals surface area contributed by atoms with Crippen molar-refractivity contribution in [2.45, 2.75) is 82.2 Å². The number of amides is 4. The van der Waals surface area contributed by atoms with Crippen molar-refractivity contribution in [1.82, 2.24) is 19.6 Å². The minimum absolute atomic E-state index is 0.0572. The van der Waals surface area contributed by atoms with E-state index in [2.05, 4.69) is 26.1 Å². The predicted molar refractivity (Wildman–Crippen MR) is 181 cm³/mol. The van der Waals surface area contributed by atoms with Crippen LogP contribution >= 0.6 is 27.3 Å². The Hall–Kier alpha value is -3.04. The van der Waals surface area contributed by atoms with Gasteiger partial charge in [-0.3, -0.25) is 4.79 Å². The monoisotopic (exact) mass is 754 g/mol. The Morgan fingerprint density at radius 2 is 1.62 bits per heavy atom. The molecular formula is C33H42BrF3N6O4S. The number of rotatable bonds is 6. The molecule has 4 aliphatic rings. The maximum atomic E-state index is 13.9. The van der Waals surface area contributed by atoms with Gasteiger partial charge in [-0.05, 0) is 103 Å². The van der Waals surface area contributed by atoms with Crippen LogP contribution in [-0.4, -0.2) is 102 Å². The third-order valence-electron chi connectivity index (χ3n) is 10.1. The van der Waals surface area contributed by atoms with Gasteiger partial charge in [-0.25, -0.2) is 9.59 Å². The number of benzene rings is 1. The molecule has 1 aromatic carbocycles. The topological polar surface area (TPSA) is 111 Å². The van der Waals surface area contributed by atoms with Gasteiger partial charge in [0.15, 0.2) is 6.10 Å². The highest BCUT2D eigenvalue weighted by atomic mass is 79.9. The Bertz CT molecular complexity index is 1490. The maximum Gasteiger partial charge on any atom is 0.418 e. The van der Waals surface area contributed by atoms with E-state index in [4.69, 9.17) is 10.5 Å². The highest BCUT2D eigenvalue weighted by molar-refractivity contribution is 9.10. The zero-order valence-electron chi connectivity index (χ0n) is 26.8. The highest BCUT2D eigenvalue weighted by Crippen LogP contribution is 2.38. The van der Waals surface area contributed by atoms with E-state index in [-0.39, 0.29) is 28.5 Å². The van der Waals surface area contributed by atoms with Crippen molar-refractivity contribution >= 4 is 56.7 Å². The van der Waals surface area contributed by atoms with Crippen molar-refractivity contribution in [3.8, 4) is 0 Å². The second kappa shape index (κ2) is 14.8. The molecule has 3 saturated heterocycles. The van der Waals surface area contributed by atoms with Crippen LogP contribution in [0.1, 0.15) is 61.6 Å². The van der Waals surface area contributed by atoms with E-state index in [1.807, 2.05) is 15.7 Å². The standard InChI is InChI=1S/C33H42BrF3N6O4S/c34-26-17-21(16-25(29(26)38)33(35,36)37)18-28(30(44)41-11-5-23(6-12-41)40-9-2-1-3-10-40)47-32(46)42-13-7-24(8-14-42)43-15-4-22-19-48-20-27(22)39-31(43)45/h16-17,19-20,23-24,28H,1-15,18,38H2,(H,39,45)/t28-/m1/s1. The van der Waals surface area contributed by atoms with Gasteiger partial charge in [-0.2, -0.15) is 13.2 Å². The molecule has 3 fully saturated rings. The number of piperidine rings is 3. The Morgan fingerprint density at radius 1 is 0.958 bits per heavy atom. The zero-order chi connectivity index (χ0) is 34.0.